The van der Waals surface area contributed by atoms with Crippen molar-refractivity contribution in [3.63, 3.8) is 0 Å². The first-order valence-corrected chi connectivity index (χ1v) is 8.45. The van der Waals surface area contributed by atoms with Gasteiger partial charge in [0, 0.05) is 36.7 Å². The molecule has 0 spiro atoms. The molecule has 1 aliphatic heterocycles. The van der Waals surface area contributed by atoms with E-state index in [0.717, 1.165) is 19.4 Å². The highest BCUT2D eigenvalue weighted by atomic mass is 32.2. The molecular weight excluding hydrogens is 288 g/mol. The van der Waals surface area contributed by atoms with Crippen LogP contribution in [0, 0.1) is 0 Å². The van der Waals surface area contributed by atoms with Crippen LogP contribution in [0.15, 0.2) is 10.9 Å². The number of nitrogens with one attached hydrogen (secondary N) is 1. The summed E-state index contributed by atoms with van der Waals surface area (Å²) in [5.41, 5.74) is 6.01. The summed E-state index contributed by atoms with van der Waals surface area (Å²) in [5, 5.41) is 0.501. The van der Waals surface area contributed by atoms with E-state index in [9.17, 15) is 9.59 Å². The maximum atomic E-state index is 12.2. The van der Waals surface area contributed by atoms with E-state index in [1.807, 2.05) is 4.90 Å². The minimum absolute atomic E-state index is 0.108. The Balaban J connectivity index is 1.94. The molecular formula is C14H22N4O2S. The van der Waals surface area contributed by atoms with Gasteiger partial charge in [0.05, 0.1) is 5.69 Å². The second-order valence-corrected chi connectivity index (χ2v) is 6.74. The molecule has 2 heterocycles. The number of nitrogens with zero attached hydrogens (tertiary/aromatic N) is 2. The van der Waals surface area contributed by atoms with Crippen molar-refractivity contribution in [2.45, 2.75) is 37.4 Å². The molecule has 2 rings (SSSR count). The van der Waals surface area contributed by atoms with E-state index in [1.54, 1.807) is 11.8 Å². The van der Waals surface area contributed by atoms with Gasteiger partial charge in [-0.25, -0.2) is 4.98 Å². The number of carbonyl (C=O) groups is 1. The van der Waals surface area contributed by atoms with Gasteiger partial charge in [-0.05, 0) is 19.1 Å². The Bertz CT molecular complexity index is 560. The van der Waals surface area contributed by atoms with Crippen LogP contribution in [0.3, 0.4) is 0 Å². The number of nitrogens with two attached hydrogens (primary N) is 1. The highest BCUT2D eigenvalue weighted by Crippen LogP contribution is 2.26. The summed E-state index contributed by atoms with van der Waals surface area (Å²) in [6.45, 7) is 3.49. The molecule has 3 N–H and O–H groups in total. The molecule has 21 heavy (non-hydrogen) atoms. The molecule has 6 nitrogen and oxygen atoms in total. The largest absolute Gasteiger partial charge is 0.369 e. The van der Waals surface area contributed by atoms with Crippen molar-refractivity contribution in [2.24, 2.45) is 0 Å². The number of anilines is 1. The molecule has 0 aliphatic carbocycles. The molecule has 1 saturated heterocycles. The third kappa shape index (κ3) is 4.23. The summed E-state index contributed by atoms with van der Waals surface area (Å²) >= 11 is 1.78. The summed E-state index contributed by atoms with van der Waals surface area (Å²) < 4.78 is 0. The van der Waals surface area contributed by atoms with Crippen molar-refractivity contribution in [3.8, 4) is 0 Å². The minimum Gasteiger partial charge on any atom is -0.369 e. The van der Waals surface area contributed by atoms with E-state index < -0.39 is 0 Å². The third-order valence-electron chi connectivity index (χ3n) is 3.91. The average molecular weight is 310 g/mol. The Hall–Kier alpha value is -1.50. The first-order chi connectivity index (χ1) is 9.99. The summed E-state index contributed by atoms with van der Waals surface area (Å²) in [6, 6.07) is 1.48. The zero-order chi connectivity index (χ0) is 15.4. The Labute approximate surface area is 128 Å². The maximum absolute atomic E-state index is 12.2. The van der Waals surface area contributed by atoms with Gasteiger partial charge in [0.15, 0.2) is 0 Å². The van der Waals surface area contributed by atoms with Crippen LogP contribution in [0.4, 0.5) is 5.95 Å². The first kappa shape index (κ1) is 15.9. The number of H-pyrrole nitrogens is 1. The van der Waals surface area contributed by atoms with Crippen LogP contribution in [0.5, 0.6) is 0 Å². The van der Waals surface area contributed by atoms with Crippen LogP contribution >= 0.6 is 11.8 Å². The van der Waals surface area contributed by atoms with Crippen LogP contribution in [0.25, 0.3) is 0 Å². The van der Waals surface area contributed by atoms with Crippen LogP contribution in [-0.4, -0.2) is 45.4 Å². The molecule has 1 fully saturated rings. The molecule has 1 aliphatic rings. The predicted octanol–water partition coefficient (Wildman–Crippen LogP) is 1.20. The number of aromatic nitrogens is 2. The SMILES string of the molecule is CSC(C)CCC(=O)N1CCC(c2cc(=O)[nH]c(N)n2)C1. The Morgan fingerprint density at radius 3 is 3.10 bits per heavy atom. The van der Waals surface area contributed by atoms with E-state index >= 15 is 0 Å². The van der Waals surface area contributed by atoms with Crippen LogP contribution in [-0.2, 0) is 4.79 Å². The lowest BCUT2D eigenvalue weighted by Crippen LogP contribution is -2.29. The zero-order valence-corrected chi connectivity index (χ0v) is 13.3. The third-order valence-corrected chi connectivity index (χ3v) is 4.95. The fourth-order valence-corrected chi connectivity index (χ4v) is 2.89. The summed E-state index contributed by atoms with van der Waals surface area (Å²) in [5.74, 6) is 0.434. The Kier molecular flexibility index (Phi) is 5.27. The maximum Gasteiger partial charge on any atom is 0.252 e. The molecule has 116 valence electrons. The van der Waals surface area contributed by atoms with Crippen molar-refractivity contribution in [2.75, 3.05) is 25.1 Å². The summed E-state index contributed by atoms with van der Waals surface area (Å²) in [4.78, 5) is 32.1. The molecule has 2 unspecified atom stereocenters. The minimum atomic E-state index is -0.240. The number of amides is 1. The number of thioether (sulfide) groups is 1. The molecule has 7 heteroatoms. The number of aromatic amines is 1. The van der Waals surface area contributed by atoms with Gasteiger partial charge >= 0.3 is 0 Å². The number of nitrogen functional groups attached to an aromatic ring is 1. The van der Waals surface area contributed by atoms with Gasteiger partial charge in [-0.2, -0.15) is 11.8 Å². The van der Waals surface area contributed by atoms with E-state index in [4.69, 9.17) is 5.73 Å². The molecule has 1 aromatic rings. The zero-order valence-electron chi connectivity index (χ0n) is 12.5. The molecule has 0 saturated carbocycles. The molecule has 1 aromatic heterocycles. The normalized spacial score (nSPS) is 19.7. The van der Waals surface area contributed by atoms with Gasteiger partial charge in [-0.3, -0.25) is 14.6 Å². The fourth-order valence-electron chi connectivity index (χ4n) is 2.54. The number of hydrogen-bond acceptors (Lipinski definition) is 5. The van der Waals surface area contributed by atoms with Gasteiger partial charge < -0.3 is 10.6 Å². The average Bonchev–Trinajstić information content (AvgIpc) is 2.93. The lowest BCUT2D eigenvalue weighted by molar-refractivity contribution is -0.130. The second-order valence-electron chi connectivity index (χ2n) is 5.47. The van der Waals surface area contributed by atoms with Crippen molar-refractivity contribution in [1.82, 2.24) is 14.9 Å². The van der Waals surface area contributed by atoms with E-state index in [1.165, 1.54) is 6.07 Å². The lowest BCUT2D eigenvalue weighted by atomic mass is 10.1. The van der Waals surface area contributed by atoms with Gasteiger partial charge in [0.25, 0.3) is 5.56 Å². The lowest BCUT2D eigenvalue weighted by Gasteiger charge is -2.17. The molecule has 0 radical (unpaired) electrons. The highest BCUT2D eigenvalue weighted by molar-refractivity contribution is 7.99. The second kappa shape index (κ2) is 6.98. The summed E-state index contributed by atoms with van der Waals surface area (Å²) in [7, 11) is 0. The topological polar surface area (TPSA) is 92.1 Å². The Morgan fingerprint density at radius 1 is 1.67 bits per heavy atom. The van der Waals surface area contributed by atoms with Gasteiger partial charge in [-0.1, -0.05) is 6.92 Å². The molecule has 2 atom stereocenters. The number of rotatable bonds is 5. The molecule has 1 amide bonds. The van der Waals surface area contributed by atoms with Gasteiger partial charge in [-0.15, -0.1) is 0 Å². The monoisotopic (exact) mass is 310 g/mol. The quantitative estimate of drug-likeness (QED) is 0.852. The van der Waals surface area contributed by atoms with Crippen LogP contribution < -0.4 is 11.3 Å². The number of carbonyl (C=O) groups excluding carboxylic acids is 1. The number of likely N-dealkylation sites (tertiary alicyclic amines) is 1. The van der Waals surface area contributed by atoms with Crippen molar-refractivity contribution in [3.05, 3.63) is 22.1 Å². The fraction of sp³-hybridized carbons (Fsp3) is 0.643. The summed E-state index contributed by atoms with van der Waals surface area (Å²) in [6.07, 6.45) is 4.38. The van der Waals surface area contributed by atoms with Crippen molar-refractivity contribution >= 4 is 23.6 Å². The first-order valence-electron chi connectivity index (χ1n) is 7.17. The van der Waals surface area contributed by atoms with E-state index in [0.29, 0.717) is 23.9 Å². The number of hydrogen-bond donors (Lipinski definition) is 2. The van der Waals surface area contributed by atoms with Crippen molar-refractivity contribution < 1.29 is 4.79 Å². The smallest absolute Gasteiger partial charge is 0.252 e. The molecule has 0 aromatic carbocycles. The molecule has 0 bridgehead atoms. The van der Waals surface area contributed by atoms with Crippen molar-refractivity contribution in [1.29, 1.82) is 0 Å². The van der Waals surface area contributed by atoms with Crippen LogP contribution in [0.1, 0.15) is 37.8 Å². The van der Waals surface area contributed by atoms with E-state index in [2.05, 4.69) is 23.1 Å². The Morgan fingerprint density at radius 2 is 2.43 bits per heavy atom. The van der Waals surface area contributed by atoms with Gasteiger partial charge in [0.1, 0.15) is 0 Å². The highest BCUT2D eigenvalue weighted by Gasteiger charge is 2.28. The predicted molar refractivity (Wildman–Crippen MR) is 85.4 cm³/mol. The van der Waals surface area contributed by atoms with E-state index in [-0.39, 0.29) is 23.3 Å². The van der Waals surface area contributed by atoms with Gasteiger partial charge in [0.2, 0.25) is 11.9 Å². The van der Waals surface area contributed by atoms with Crippen LogP contribution in [0.2, 0.25) is 0 Å². The standard InChI is InChI=1S/C14H22N4O2S/c1-9(21-2)3-4-13(20)18-6-5-10(8-18)11-7-12(19)17-14(15)16-11/h7,9-10H,3-6,8H2,1-2H3,(H3,15,16,17,19).